The highest BCUT2D eigenvalue weighted by molar-refractivity contribution is 5.73. The summed E-state index contributed by atoms with van der Waals surface area (Å²) in [6.45, 7) is 2.05. The van der Waals surface area contributed by atoms with E-state index in [1.54, 1.807) is 6.20 Å². The van der Waals surface area contributed by atoms with E-state index in [2.05, 4.69) is 16.4 Å². The monoisotopic (exact) mass is 268 g/mol. The van der Waals surface area contributed by atoms with Crippen molar-refractivity contribution in [1.29, 1.82) is 0 Å². The lowest BCUT2D eigenvalue weighted by atomic mass is 10.0. The summed E-state index contributed by atoms with van der Waals surface area (Å²) in [6, 6.07) is 11.9. The number of carbonyl (C=O) groups is 1. The van der Waals surface area contributed by atoms with Crippen molar-refractivity contribution in [2.75, 3.05) is 6.54 Å². The average molecular weight is 268 g/mol. The highest BCUT2D eigenvalue weighted by Gasteiger charge is 2.25. The van der Waals surface area contributed by atoms with Crippen molar-refractivity contribution in [1.82, 2.24) is 10.3 Å². The maximum atomic E-state index is 11.0. The molecule has 0 fully saturated rings. The maximum Gasteiger partial charge on any atom is 0.217 e. The number of amides is 1. The van der Waals surface area contributed by atoms with Gasteiger partial charge in [0.15, 0.2) is 0 Å². The number of hydrogen-bond acceptors (Lipinski definition) is 3. The van der Waals surface area contributed by atoms with Gasteiger partial charge in [0.05, 0.1) is 12.2 Å². The summed E-state index contributed by atoms with van der Waals surface area (Å²) in [5.41, 5.74) is 3.08. The molecule has 1 atom stereocenters. The minimum absolute atomic E-state index is 0.00115. The highest BCUT2D eigenvalue weighted by Crippen LogP contribution is 2.37. The molecule has 0 radical (unpaired) electrons. The van der Waals surface area contributed by atoms with Gasteiger partial charge in [0, 0.05) is 25.1 Å². The van der Waals surface area contributed by atoms with E-state index in [0.29, 0.717) is 6.54 Å². The summed E-state index contributed by atoms with van der Waals surface area (Å²) < 4.78 is 5.99. The summed E-state index contributed by atoms with van der Waals surface area (Å²) in [5, 5.41) is 2.80. The van der Waals surface area contributed by atoms with Crippen molar-refractivity contribution in [2.24, 2.45) is 0 Å². The Bertz CT molecular complexity index is 626. The van der Waals surface area contributed by atoms with Gasteiger partial charge in [-0.25, -0.2) is 0 Å². The van der Waals surface area contributed by atoms with Gasteiger partial charge in [-0.2, -0.15) is 0 Å². The van der Waals surface area contributed by atoms with Crippen LogP contribution in [0.4, 0.5) is 0 Å². The zero-order valence-corrected chi connectivity index (χ0v) is 11.3. The number of benzene rings is 1. The molecule has 102 valence electrons. The third-order valence-electron chi connectivity index (χ3n) is 3.35. The molecule has 1 N–H and O–H groups in total. The molecule has 1 aliphatic heterocycles. The van der Waals surface area contributed by atoms with Gasteiger partial charge in [-0.05, 0) is 23.8 Å². The number of rotatable bonds is 3. The lowest BCUT2D eigenvalue weighted by Crippen LogP contribution is -2.32. The number of nitrogens with zero attached hydrogens (tertiary/aromatic N) is 1. The molecule has 1 amide bonds. The number of para-hydroxylation sites is 1. The molecular weight excluding hydrogens is 252 g/mol. The molecule has 1 aliphatic rings. The van der Waals surface area contributed by atoms with Gasteiger partial charge in [0.2, 0.25) is 5.91 Å². The Morgan fingerprint density at radius 1 is 1.35 bits per heavy atom. The number of aromatic nitrogens is 1. The number of hydrogen-bond donors (Lipinski definition) is 1. The van der Waals surface area contributed by atoms with E-state index < -0.39 is 0 Å². The predicted molar refractivity (Wildman–Crippen MR) is 76.5 cm³/mol. The molecule has 0 spiro atoms. The van der Waals surface area contributed by atoms with Crippen LogP contribution in [0.1, 0.15) is 12.5 Å². The fourth-order valence-electron chi connectivity index (χ4n) is 2.43. The van der Waals surface area contributed by atoms with Crippen LogP contribution in [0.15, 0.2) is 42.6 Å². The first-order valence-corrected chi connectivity index (χ1v) is 6.68. The highest BCUT2D eigenvalue weighted by atomic mass is 16.5. The molecule has 2 aromatic rings. The standard InChI is InChI=1S/C16H16N2O2/c1-11(19)18-10-13-9-12-5-4-6-14(16(12)20-13)15-7-2-3-8-17-15/h2-8,13H,9-10H2,1H3,(H,18,19)/t13-/m0/s1. The van der Waals surface area contributed by atoms with E-state index in [9.17, 15) is 4.79 Å². The van der Waals surface area contributed by atoms with Gasteiger partial charge in [-0.1, -0.05) is 18.2 Å². The first-order chi connectivity index (χ1) is 9.74. The lowest BCUT2D eigenvalue weighted by molar-refractivity contribution is -0.119. The fourth-order valence-corrected chi connectivity index (χ4v) is 2.43. The molecule has 0 aliphatic carbocycles. The van der Waals surface area contributed by atoms with Crippen LogP contribution in [0.2, 0.25) is 0 Å². The van der Waals surface area contributed by atoms with E-state index in [-0.39, 0.29) is 12.0 Å². The van der Waals surface area contributed by atoms with E-state index in [1.165, 1.54) is 12.5 Å². The molecule has 1 aromatic heterocycles. The second-order valence-electron chi connectivity index (χ2n) is 4.89. The SMILES string of the molecule is CC(=O)NC[C@@H]1Cc2cccc(-c3ccccn3)c2O1. The molecule has 0 bridgehead atoms. The quantitative estimate of drug-likeness (QED) is 0.928. The molecule has 0 unspecified atom stereocenters. The summed E-state index contributed by atoms with van der Waals surface area (Å²) >= 11 is 0. The van der Waals surface area contributed by atoms with Crippen LogP contribution in [0.3, 0.4) is 0 Å². The number of carbonyl (C=O) groups excluding carboxylic acids is 1. The number of ether oxygens (including phenoxy) is 1. The zero-order chi connectivity index (χ0) is 13.9. The summed E-state index contributed by atoms with van der Waals surface area (Å²) in [6.07, 6.45) is 2.59. The Labute approximate surface area is 117 Å². The first-order valence-electron chi connectivity index (χ1n) is 6.68. The molecule has 20 heavy (non-hydrogen) atoms. The van der Waals surface area contributed by atoms with E-state index >= 15 is 0 Å². The minimum atomic E-state index is -0.0329. The molecule has 0 saturated heterocycles. The Hall–Kier alpha value is -2.36. The molecule has 4 nitrogen and oxygen atoms in total. The molecule has 2 heterocycles. The normalized spacial score (nSPS) is 16.4. The van der Waals surface area contributed by atoms with Gasteiger partial charge in [-0.3, -0.25) is 9.78 Å². The third kappa shape index (κ3) is 2.50. The van der Waals surface area contributed by atoms with Crippen LogP contribution in [-0.2, 0) is 11.2 Å². The van der Waals surface area contributed by atoms with Gasteiger partial charge >= 0.3 is 0 Å². The van der Waals surface area contributed by atoms with Crippen molar-refractivity contribution < 1.29 is 9.53 Å². The molecule has 3 rings (SSSR count). The van der Waals surface area contributed by atoms with Crippen LogP contribution in [0.25, 0.3) is 11.3 Å². The van der Waals surface area contributed by atoms with Gasteiger partial charge < -0.3 is 10.1 Å². The van der Waals surface area contributed by atoms with E-state index in [1.807, 2.05) is 30.3 Å². The molecular formula is C16H16N2O2. The van der Waals surface area contributed by atoms with E-state index in [0.717, 1.165) is 23.4 Å². The Morgan fingerprint density at radius 2 is 2.25 bits per heavy atom. The summed E-state index contributed by atoms with van der Waals surface area (Å²) in [5.74, 6) is 0.857. The summed E-state index contributed by atoms with van der Waals surface area (Å²) in [7, 11) is 0. The number of fused-ring (bicyclic) bond motifs is 1. The topological polar surface area (TPSA) is 51.2 Å². The molecule has 1 aromatic carbocycles. The fraction of sp³-hybridized carbons (Fsp3) is 0.250. The minimum Gasteiger partial charge on any atom is -0.487 e. The van der Waals surface area contributed by atoms with Gasteiger partial charge in [0.1, 0.15) is 11.9 Å². The predicted octanol–water partition coefficient (Wildman–Crippen LogP) is 2.19. The van der Waals surface area contributed by atoms with Gasteiger partial charge in [-0.15, -0.1) is 0 Å². The number of pyridine rings is 1. The molecule has 4 heteroatoms. The Kier molecular flexibility index (Phi) is 3.37. The third-order valence-corrected chi connectivity index (χ3v) is 3.35. The lowest BCUT2D eigenvalue weighted by Gasteiger charge is -2.12. The maximum absolute atomic E-state index is 11.0. The van der Waals surface area contributed by atoms with Crippen LogP contribution in [0, 0.1) is 0 Å². The molecule has 0 saturated carbocycles. The average Bonchev–Trinajstić information content (AvgIpc) is 2.89. The Balaban J connectivity index is 1.85. The van der Waals surface area contributed by atoms with Crippen LogP contribution in [0.5, 0.6) is 5.75 Å². The largest absolute Gasteiger partial charge is 0.487 e. The van der Waals surface area contributed by atoms with E-state index in [4.69, 9.17) is 4.74 Å². The van der Waals surface area contributed by atoms with Crippen molar-refractivity contribution in [2.45, 2.75) is 19.4 Å². The van der Waals surface area contributed by atoms with Crippen molar-refractivity contribution in [3.63, 3.8) is 0 Å². The van der Waals surface area contributed by atoms with Crippen molar-refractivity contribution in [3.8, 4) is 17.0 Å². The summed E-state index contributed by atoms with van der Waals surface area (Å²) in [4.78, 5) is 15.4. The Morgan fingerprint density at radius 3 is 3.00 bits per heavy atom. The zero-order valence-electron chi connectivity index (χ0n) is 11.3. The van der Waals surface area contributed by atoms with Crippen LogP contribution in [-0.4, -0.2) is 23.5 Å². The number of nitrogens with one attached hydrogen (secondary N) is 1. The van der Waals surface area contributed by atoms with Gasteiger partial charge in [0.25, 0.3) is 0 Å². The van der Waals surface area contributed by atoms with Crippen LogP contribution >= 0.6 is 0 Å². The first kappa shape index (κ1) is 12.7. The second-order valence-corrected chi connectivity index (χ2v) is 4.89. The second kappa shape index (κ2) is 5.33. The smallest absolute Gasteiger partial charge is 0.217 e. The van der Waals surface area contributed by atoms with Crippen molar-refractivity contribution in [3.05, 3.63) is 48.2 Å². The van der Waals surface area contributed by atoms with Crippen molar-refractivity contribution >= 4 is 5.91 Å². The van der Waals surface area contributed by atoms with Crippen LogP contribution < -0.4 is 10.1 Å².